The molecule has 2 bridgehead atoms. The Kier molecular flexibility index (Phi) is 12.3. The first-order chi connectivity index (χ1) is 46.7. The number of benzene rings is 14. The summed E-state index contributed by atoms with van der Waals surface area (Å²) >= 11 is 0. The van der Waals surface area contributed by atoms with Crippen LogP contribution >= 0.6 is 0 Å². The molecule has 8 nitrogen and oxygen atoms in total. The van der Waals surface area contributed by atoms with E-state index in [0.717, 1.165) is 147 Å². The van der Waals surface area contributed by atoms with Crippen LogP contribution in [0.2, 0.25) is 0 Å². The molecular weight excluding hydrogens is 1150 g/mol. The van der Waals surface area contributed by atoms with Gasteiger partial charge in [-0.2, -0.15) is 0 Å². The monoisotopic (exact) mass is 1200 g/mol. The van der Waals surface area contributed by atoms with E-state index in [1.807, 2.05) is 0 Å². The largest absolute Gasteiger partial charge is 0.458 e. The Hall–Kier alpha value is -12.4. The molecule has 0 radical (unpaired) electrons. The Morgan fingerprint density at radius 1 is 0.202 bits per heavy atom. The van der Waals surface area contributed by atoms with Crippen molar-refractivity contribution in [3.63, 3.8) is 0 Å². The summed E-state index contributed by atoms with van der Waals surface area (Å²) in [5.41, 5.74) is 25.1. The van der Waals surface area contributed by atoms with E-state index in [2.05, 4.69) is 369 Å². The maximum atomic E-state index is 8.10. The molecule has 19 rings (SSSR count). The maximum Gasteiger partial charge on any atom is 0.261 e. The summed E-state index contributed by atoms with van der Waals surface area (Å²) in [7, 11) is 0. The van der Waals surface area contributed by atoms with Crippen molar-refractivity contribution in [3.05, 3.63) is 340 Å². The van der Waals surface area contributed by atoms with Crippen molar-refractivity contribution in [2.24, 2.45) is 0 Å². The van der Waals surface area contributed by atoms with E-state index >= 15 is 0 Å². The van der Waals surface area contributed by atoms with E-state index in [9.17, 15) is 0 Å². The van der Waals surface area contributed by atoms with Crippen molar-refractivity contribution in [2.75, 3.05) is 29.4 Å². The predicted octanol–water partition coefficient (Wildman–Crippen LogP) is 18.7. The highest BCUT2D eigenvalue weighted by molar-refractivity contribution is 7.03. The normalized spacial score (nSPS) is 13.0. The van der Waals surface area contributed by atoms with Gasteiger partial charge in [-0.15, -0.1) is 0 Å². The molecular formula is C84H56B2N6O2. The van der Waals surface area contributed by atoms with Crippen molar-refractivity contribution in [1.29, 1.82) is 0 Å². The Morgan fingerprint density at radius 2 is 0.468 bits per heavy atom. The Labute approximate surface area is 547 Å². The number of rotatable bonds is 12. The first kappa shape index (κ1) is 53.4. The molecule has 0 saturated carbocycles. The molecule has 0 aliphatic carbocycles. The average molecular weight is 1200 g/mol. The number of hydrogen-bond donors (Lipinski definition) is 0. The van der Waals surface area contributed by atoms with Crippen LogP contribution < -0.4 is 71.7 Å². The molecule has 10 heteroatoms. The molecule has 5 aliphatic heterocycles. The van der Waals surface area contributed by atoms with Gasteiger partial charge in [0.05, 0.1) is 17.1 Å². The summed E-state index contributed by atoms with van der Waals surface area (Å²) < 4.78 is 15.6. The highest BCUT2D eigenvalue weighted by Gasteiger charge is 2.51. The van der Waals surface area contributed by atoms with Crippen LogP contribution in [0.5, 0.6) is 23.0 Å². The van der Waals surface area contributed by atoms with Crippen molar-refractivity contribution in [3.8, 4) is 23.0 Å². The maximum absolute atomic E-state index is 8.10. The highest BCUT2D eigenvalue weighted by atomic mass is 16.5. The molecule has 0 spiro atoms. The Morgan fingerprint density at radius 3 is 0.787 bits per heavy atom. The summed E-state index contributed by atoms with van der Waals surface area (Å²) in [4.78, 5) is 14.6. The van der Waals surface area contributed by atoms with E-state index in [4.69, 9.17) is 9.47 Å². The van der Waals surface area contributed by atoms with E-state index < -0.39 is 0 Å². The van der Waals surface area contributed by atoms with Crippen molar-refractivity contribution in [2.45, 2.75) is 0 Å². The lowest BCUT2D eigenvalue weighted by molar-refractivity contribution is 0.468. The molecule has 440 valence electrons. The van der Waals surface area contributed by atoms with Gasteiger partial charge >= 0.3 is 0 Å². The standard InChI is InChI=1S/C84H56B2N6O2/c1-10-29-57(30-11-1)87(58-31-12-2-13-32-58)66-49-73-81-74(50-66)92(65-45-26-9-27-46-65)76-52-68(89(61-37-18-5-19-38-61)62-39-20-6-21-40-62)53-79-82(76)85(81)69-55-70-72(56-71(69)90(73)63-41-22-7-23-42-63)91(64-43-24-8-25-44-64)75-51-67(88(59-33-14-3-15-34-59)60-35-16-4-17-36-60)54-80-83(75)86(70)84-77(93-79)47-28-48-78(84)94-80/h1-56H. The van der Waals surface area contributed by atoms with Crippen molar-refractivity contribution in [1.82, 2.24) is 0 Å². The van der Waals surface area contributed by atoms with Crippen LogP contribution in [0.15, 0.2) is 340 Å². The second-order valence-electron chi connectivity index (χ2n) is 24.4. The number of hydrogen-bond acceptors (Lipinski definition) is 8. The fourth-order valence-electron chi connectivity index (χ4n) is 15.3. The smallest absolute Gasteiger partial charge is 0.261 e. The van der Waals surface area contributed by atoms with Crippen LogP contribution in [-0.2, 0) is 0 Å². The molecule has 0 fully saturated rings. The Bertz CT molecular complexity index is 5120. The lowest BCUT2D eigenvalue weighted by atomic mass is 9.30. The first-order valence-corrected chi connectivity index (χ1v) is 32.1. The molecule has 0 unspecified atom stereocenters. The zero-order valence-corrected chi connectivity index (χ0v) is 51.0. The van der Waals surface area contributed by atoms with Crippen molar-refractivity contribution < 1.29 is 9.47 Å². The Balaban J connectivity index is 0.970. The molecule has 5 heterocycles. The predicted molar refractivity (Wildman–Crippen MR) is 390 cm³/mol. The summed E-state index contributed by atoms with van der Waals surface area (Å²) in [6.45, 7) is -0.691. The van der Waals surface area contributed by atoms with E-state index in [-0.39, 0.29) is 13.4 Å². The van der Waals surface area contributed by atoms with Crippen LogP contribution in [0.4, 0.5) is 102 Å². The summed E-state index contributed by atoms with van der Waals surface area (Å²) in [5.74, 6) is 3.01. The molecule has 94 heavy (non-hydrogen) atoms. The van der Waals surface area contributed by atoms with Gasteiger partial charge in [-0.3, -0.25) is 0 Å². The quantitative estimate of drug-likeness (QED) is 0.112. The second-order valence-corrected chi connectivity index (χ2v) is 24.4. The lowest BCUT2D eigenvalue weighted by Gasteiger charge is -2.47. The first-order valence-electron chi connectivity index (χ1n) is 32.1. The molecule has 14 aromatic rings. The van der Waals surface area contributed by atoms with Crippen LogP contribution in [-0.4, -0.2) is 13.4 Å². The third-order valence-electron chi connectivity index (χ3n) is 19.1. The van der Waals surface area contributed by atoms with E-state index in [1.54, 1.807) is 0 Å². The summed E-state index contributed by atoms with van der Waals surface area (Å²) in [5, 5.41) is 0. The minimum Gasteiger partial charge on any atom is -0.458 e. The van der Waals surface area contributed by atoms with E-state index in [1.165, 1.54) is 10.9 Å². The van der Waals surface area contributed by atoms with Gasteiger partial charge in [-0.1, -0.05) is 176 Å². The number of ether oxygens (including phenoxy) is 2. The van der Waals surface area contributed by atoms with Gasteiger partial charge in [0.25, 0.3) is 13.4 Å². The van der Waals surface area contributed by atoms with Crippen LogP contribution in [0.25, 0.3) is 0 Å². The zero-order valence-electron chi connectivity index (χ0n) is 51.0. The van der Waals surface area contributed by atoms with Crippen LogP contribution in [0, 0.1) is 0 Å². The van der Waals surface area contributed by atoms with Gasteiger partial charge in [0.2, 0.25) is 0 Å². The van der Waals surface area contributed by atoms with Gasteiger partial charge in [0, 0.05) is 103 Å². The molecule has 0 aromatic heterocycles. The molecule has 0 N–H and O–H groups in total. The highest BCUT2D eigenvalue weighted by Crippen LogP contribution is 2.54. The minimum atomic E-state index is -0.356. The van der Waals surface area contributed by atoms with Gasteiger partial charge in [0.15, 0.2) is 0 Å². The minimum absolute atomic E-state index is 0.335. The fraction of sp³-hybridized carbons (Fsp3) is 0. The lowest BCUT2D eigenvalue weighted by Crippen LogP contribution is -2.65. The van der Waals surface area contributed by atoms with Gasteiger partial charge < -0.3 is 38.9 Å². The third kappa shape index (κ3) is 8.43. The molecule has 0 amide bonds. The van der Waals surface area contributed by atoms with Gasteiger partial charge in [0.1, 0.15) is 23.0 Å². The molecule has 14 aromatic carbocycles. The average Bonchev–Trinajstić information content (AvgIpc) is 0.684. The SMILES string of the molecule is c1ccc(N(c2ccccc2)c2cc3c4c(c2)N(c2ccccc2)c2cc5c6cc2B4c2c(cccc2Oc2cc(N(c4ccccc4)c4ccccc4)cc4c2B6c2c(cc(N(c6ccccc6)c6ccccc6)cc2N4c2ccccc2)N5c2ccccc2)O3)cc1. The van der Waals surface area contributed by atoms with E-state index in [0.29, 0.717) is 0 Å². The van der Waals surface area contributed by atoms with Gasteiger partial charge in [-0.25, -0.2) is 0 Å². The van der Waals surface area contributed by atoms with Crippen molar-refractivity contribution >= 4 is 149 Å². The number of para-hydroxylation sites is 9. The molecule has 0 atom stereocenters. The fourth-order valence-corrected chi connectivity index (χ4v) is 15.3. The summed E-state index contributed by atoms with van der Waals surface area (Å²) in [6.07, 6.45) is 0. The number of anilines is 18. The second kappa shape index (κ2) is 21.7. The topological polar surface area (TPSA) is 37.9 Å². The third-order valence-corrected chi connectivity index (χ3v) is 19.1. The van der Waals surface area contributed by atoms with Crippen LogP contribution in [0.3, 0.4) is 0 Å². The zero-order chi connectivity index (χ0) is 61.8. The summed E-state index contributed by atoms with van der Waals surface area (Å²) in [6, 6.07) is 123. The molecule has 0 saturated heterocycles. The number of nitrogens with zero attached hydrogens (tertiary/aromatic N) is 6. The van der Waals surface area contributed by atoms with Crippen LogP contribution in [0.1, 0.15) is 0 Å². The van der Waals surface area contributed by atoms with Gasteiger partial charge in [-0.05, 0) is 179 Å². The molecule has 5 aliphatic rings.